The highest BCUT2D eigenvalue weighted by Crippen LogP contribution is 2.64. The third-order valence-electron chi connectivity index (χ3n) is 4.84. The van der Waals surface area contributed by atoms with E-state index >= 15 is 0 Å². The van der Waals surface area contributed by atoms with Gasteiger partial charge in [0.2, 0.25) is 0 Å². The van der Waals surface area contributed by atoms with Crippen molar-refractivity contribution in [2.75, 3.05) is 37.7 Å². The Kier molecular flexibility index (Phi) is 5.11. The van der Waals surface area contributed by atoms with Crippen molar-refractivity contribution in [1.82, 2.24) is 4.90 Å². The number of piperazine rings is 1. The number of esters is 1. The number of halogens is 3. The summed E-state index contributed by atoms with van der Waals surface area (Å²) in [5, 5.41) is 0.686. The first-order valence-corrected chi connectivity index (χ1v) is 9.20. The standard InChI is InChI=1S/C17H19Cl3N2O3/c1-16(11-17(16,19)20)15(24)25-10-14(23)22-7-5-21(6-8-22)13-4-2-3-12(18)9-13/h2-4,9H,5-8,10-11H2,1H3/t16-/m1/s1. The first-order chi connectivity index (χ1) is 11.7. The van der Waals surface area contributed by atoms with E-state index in [1.807, 2.05) is 24.3 Å². The molecule has 2 aliphatic rings. The zero-order valence-electron chi connectivity index (χ0n) is 13.8. The molecule has 1 atom stereocenters. The van der Waals surface area contributed by atoms with Crippen molar-refractivity contribution in [2.24, 2.45) is 5.41 Å². The highest BCUT2D eigenvalue weighted by Gasteiger charge is 2.69. The molecule has 25 heavy (non-hydrogen) atoms. The van der Waals surface area contributed by atoms with Crippen molar-refractivity contribution in [3.8, 4) is 0 Å². The number of alkyl halides is 2. The number of nitrogens with zero attached hydrogens (tertiary/aromatic N) is 2. The fourth-order valence-electron chi connectivity index (χ4n) is 2.89. The molecule has 3 rings (SSSR count). The first-order valence-electron chi connectivity index (χ1n) is 8.06. The number of rotatable bonds is 4. The third kappa shape index (κ3) is 3.83. The normalized spacial score (nSPS) is 24.8. The van der Waals surface area contributed by atoms with Gasteiger partial charge < -0.3 is 14.5 Å². The molecule has 1 aliphatic heterocycles. The summed E-state index contributed by atoms with van der Waals surface area (Å²) < 4.78 is 4.03. The molecule has 1 saturated carbocycles. The molecule has 2 fully saturated rings. The lowest BCUT2D eigenvalue weighted by Gasteiger charge is -2.36. The molecular weight excluding hydrogens is 387 g/mol. The van der Waals surface area contributed by atoms with Gasteiger partial charge in [-0.25, -0.2) is 0 Å². The maximum Gasteiger partial charge on any atom is 0.315 e. The molecule has 0 N–H and O–H groups in total. The van der Waals surface area contributed by atoms with E-state index in [0.717, 1.165) is 5.69 Å². The number of hydrogen-bond acceptors (Lipinski definition) is 4. The summed E-state index contributed by atoms with van der Waals surface area (Å²) in [6, 6.07) is 7.63. The van der Waals surface area contributed by atoms with Gasteiger partial charge in [0.1, 0.15) is 9.75 Å². The molecule has 5 nitrogen and oxygen atoms in total. The van der Waals surface area contributed by atoms with E-state index in [0.29, 0.717) is 37.6 Å². The van der Waals surface area contributed by atoms with Gasteiger partial charge in [0.15, 0.2) is 6.61 Å². The Balaban J connectivity index is 1.47. The van der Waals surface area contributed by atoms with Crippen molar-refractivity contribution in [2.45, 2.75) is 17.7 Å². The van der Waals surface area contributed by atoms with Crippen LogP contribution in [0.4, 0.5) is 5.69 Å². The fraction of sp³-hybridized carbons (Fsp3) is 0.529. The van der Waals surface area contributed by atoms with Gasteiger partial charge in [-0.3, -0.25) is 9.59 Å². The molecule has 0 spiro atoms. The van der Waals surface area contributed by atoms with Gasteiger partial charge in [-0.15, -0.1) is 23.2 Å². The van der Waals surface area contributed by atoms with Gasteiger partial charge >= 0.3 is 5.97 Å². The van der Waals surface area contributed by atoms with Crippen LogP contribution in [0.3, 0.4) is 0 Å². The molecule has 8 heteroatoms. The van der Waals surface area contributed by atoms with E-state index in [-0.39, 0.29) is 12.5 Å². The Morgan fingerprint density at radius 1 is 1.20 bits per heavy atom. The zero-order chi connectivity index (χ0) is 18.2. The lowest BCUT2D eigenvalue weighted by atomic mass is 10.1. The Hall–Kier alpha value is -1.17. The summed E-state index contributed by atoms with van der Waals surface area (Å²) in [5.41, 5.74) is 0.120. The van der Waals surface area contributed by atoms with Crippen molar-refractivity contribution >= 4 is 52.4 Å². The molecule has 1 aliphatic carbocycles. The van der Waals surface area contributed by atoms with Crippen LogP contribution in [-0.2, 0) is 14.3 Å². The zero-order valence-corrected chi connectivity index (χ0v) is 16.1. The Bertz CT molecular complexity index is 689. The number of benzene rings is 1. The SMILES string of the molecule is C[C@]1(C(=O)OCC(=O)N2CCN(c3cccc(Cl)c3)CC2)CC1(Cl)Cl. The van der Waals surface area contributed by atoms with Crippen LogP contribution in [0.5, 0.6) is 0 Å². The Labute approximate surface area is 161 Å². The smallest absolute Gasteiger partial charge is 0.315 e. The van der Waals surface area contributed by atoms with Gasteiger partial charge in [-0.1, -0.05) is 17.7 Å². The molecule has 1 saturated heterocycles. The predicted octanol–water partition coefficient (Wildman–Crippen LogP) is 3.12. The molecule has 0 bridgehead atoms. The average Bonchev–Trinajstić information content (AvgIpc) is 3.12. The van der Waals surface area contributed by atoms with Crippen LogP contribution in [0.25, 0.3) is 0 Å². The molecule has 0 radical (unpaired) electrons. The summed E-state index contributed by atoms with van der Waals surface area (Å²) in [4.78, 5) is 28.1. The molecule has 1 heterocycles. The van der Waals surface area contributed by atoms with E-state index in [4.69, 9.17) is 39.5 Å². The quantitative estimate of drug-likeness (QED) is 0.570. The summed E-state index contributed by atoms with van der Waals surface area (Å²) >= 11 is 17.9. The van der Waals surface area contributed by atoms with Gasteiger partial charge in [0, 0.05) is 43.3 Å². The second kappa shape index (κ2) is 6.86. The second-order valence-electron chi connectivity index (χ2n) is 6.64. The molecule has 1 aromatic rings. The number of carbonyl (C=O) groups is 2. The number of anilines is 1. The van der Waals surface area contributed by atoms with Crippen LogP contribution in [0.15, 0.2) is 24.3 Å². The lowest BCUT2D eigenvalue weighted by Crippen LogP contribution is -2.50. The molecule has 1 amide bonds. The topological polar surface area (TPSA) is 49.9 Å². The van der Waals surface area contributed by atoms with E-state index < -0.39 is 15.7 Å². The fourth-order valence-corrected chi connectivity index (χ4v) is 3.76. The summed E-state index contributed by atoms with van der Waals surface area (Å²) in [7, 11) is 0. The summed E-state index contributed by atoms with van der Waals surface area (Å²) in [5.74, 6) is -0.735. The van der Waals surface area contributed by atoms with Crippen LogP contribution >= 0.6 is 34.8 Å². The van der Waals surface area contributed by atoms with Crippen LogP contribution in [-0.4, -0.2) is 53.9 Å². The minimum atomic E-state index is -1.09. The lowest BCUT2D eigenvalue weighted by molar-refractivity contribution is -0.156. The monoisotopic (exact) mass is 404 g/mol. The second-order valence-corrected chi connectivity index (χ2v) is 8.56. The molecule has 0 aromatic heterocycles. The number of amides is 1. The Morgan fingerprint density at radius 3 is 2.40 bits per heavy atom. The van der Waals surface area contributed by atoms with E-state index in [2.05, 4.69) is 4.90 Å². The van der Waals surface area contributed by atoms with E-state index in [9.17, 15) is 9.59 Å². The molecule has 0 unspecified atom stereocenters. The summed E-state index contributed by atoms with van der Waals surface area (Å²) in [6.07, 6.45) is 0.342. The minimum Gasteiger partial charge on any atom is -0.455 e. The first kappa shape index (κ1) is 18.6. The maximum atomic E-state index is 12.3. The number of hydrogen-bond donors (Lipinski definition) is 0. The van der Waals surface area contributed by atoms with E-state index in [1.165, 1.54) is 0 Å². The molecule has 1 aromatic carbocycles. The Morgan fingerprint density at radius 2 is 1.84 bits per heavy atom. The van der Waals surface area contributed by atoms with Gasteiger partial charge in [-0.05, 0) is 25.1 Å². The maximum absolute atomic E-state index is 12.3. The van der Waals surface area contributed by atoms with E-state index in [1.54, 1.807) is 11.8 Å². The van der Waals surface area contributed by atoms with Crippen LogP contribution in [0.1, 0.15) is 13.3 Å². The highest BCUT2D eigenvalue weighted by atomic mass is 35.5. The van der Waals surface area contributed by atoms with Crippen molar-refractivity contribution in [3.63, 3.8) is 0 Å². The van der Waals surface area contributed by atoms with Crippen LogP contribution in [0.2, 0.25) is 5.02 Å². The van der Waals surface area contributed by atoms with Gasteiger partial charge in [-0.2, -0.15) is 0 Å². The molecular formula is C17H19Cl3N2O3. The van der Waals surface area contributed by atoms with Gasteiger partial charge in [0.25, 0.3) is 5.91 Å². The minimum absolute atomic E-state index is 0.210. The predicted molar refractivity (Wildman–Crippen MR) is 98.4 cm³/mol. The number of ether oxygens (including phenoxy) is 1. The molecule has 136 valence electrons. The number of carbonyl (C=O) groups excluding carboxylic acids is 2. The largest absolute Gasteiger partial charge is 0.455 e. The van der Waals surface area contributed by atoms with Crippen molar-refractivity contribution in [3.05, 3.63) is 29.3 Å². The van der Waals surface area contributed by atoms with Crippen LogP contribution < -0.4 is 4.90 Å². The van der Waals surface area contributed by atoms with Crippen molar-refractivity contribution in [1.29, 1.82) is 0 Å². The van der Waals surface area contributed by atoms with Gasteiger partial charge in [0.05, 0.1) is 0 Å². The average molecular weight is 406 g/mol. The van der Waals surface area contributed by atoms with Crippen LogP contribution in [0, 0.1) is 5.41 Å². The highest BCUT2D eigenvalue weighted by molar-refractivity contribution is 6.53. The summed E-state index contributed by atoms with van der Waals surface area (Å²) in [6.45, 7) is 3.89. The van der Waals surface area contributed by atoms with Crippen molar-refractivity contribution < 1.29 is 14.3 Å². The third-order valence-corrected chi connectivity index (χ3v) is 6.18.